The predicted molar refractivity (Wildman–Crippen MR) is 52.0 cm³/mol. The van der Waals surface area contributed by atoms with E-state index in [2.05, 4.69) is 4.98 Å². The number of carbonyl (C=O) groups excluding carboxylic acids is 1. The molecule has 72 valence electrons. The standard InChI is InChI=1S/C9H13ClN2O/c1-4-12-6-11-8(10)7(12)9(2,3)5-13/h5-6H,4H2,1-3H3. The molecule has 0 fully saturated rings. The van der Waals surface area contributed by atoms with Crippen LogP contribution < -0.4 is 0 Å². The lowest BCUT2D eigenvalue weighted by Gasteiger charge is -2.18. The SMILES string of the molecule is CCn1cnc(Cl)c1C(C)(C)C=O. The third-order valence-corrected chi connectivity index (χ3v) is 2.32. The van der Waals surface area contributed by atoms with Crippen molar-refractivity contribution >= 4 is 17.9 Å². The molecule has 13 heavy (non-hydrogen) atoms. The lowest BCUT2D eigenvalue weighted by molar-refractivity contribution is -0.111. The highest BCUT2D eigenvalue weighted by molar-refractivity contribution is 6.30. The molecule has 1 heterocycles. The fourth-order valence-electron chi connectivity index (χ4n) is 1.29. The van der Waals surface area contributed by atoms with Gasteiger partial charge in [-0.15, -0.1) is 0 Å². The van der Waals surface area contributed by atoms with E-state index in [-0.39, 0.29) is 0 Å². The molecule has 0 aromatic carbocycles. The van der Waals surface area contributed by atoms with Crippen LogP contribution in [0, 0.1) is 0 Å². The number of hydrogen-bond donors (Lipinski definition) is 0. The van der Waals surface area contributed by atoms with Crippen LogP contribution >= 0.6 is 11.6 Å². The lowest BCUT2D eigenvalue weighted by atomic mass is 9.92. The first-order valence-electron chi connectivity index (χ1n) is 4.20. The third-order valence-electron chi connectivity index (χ3n) is 2.04. The van der Waals surface area contributed by atoms with E-state index in [4.69, 9.17) is 11.6 Å². The van der Waals surface area contributed by atoms with Crippen molar-refractivity contribution in [1.29, 1.82) is 0 Å². The fraction of sp³-hybridized carbons (Fsp3) is 0.556. The Hall–Kier alpha value is -0.830. The van der Waals surface area contributed by atoms with Crippen molar-refractivity contribution in [2.45, 2.75) is 32.7 Å². The van der Waals surface area contributed by atoms with Gasteiger partial charge in [0.1, 0.15) is 6.29 Å². The van der Waals surface area contributed by atoms with Gasteiger partial charge >= 0.3 is 0 Å². The molecule has 0 aliphatic carbocycles. The van der Waals surface area contributed by atoms with Gasteiger partial charge in [0.15, 0.2) is 5.15 Å². The van der Waals surface area contributed by atoms with E-state index >= 15 is 0 Å². The van der Waals surface area contributed by atoms with Crippen LogP contribution in [0.1, 0.15) is 26.5 Å². The molecule has 0 bridgehead atoms. The van der Waals surface area contributed by atoms with Crippen molar-refractivity contribution in [3.63, 3.8) is 0 Å². The van der Waals surface area contributed by atoms with Crippen molar-refractivity contribution in [3.8, 4) is 0 Å². The Kier molecular flexibility index (Phi) is 2.76. The molecule has 1 rings (SSSR count). The summed E-state index contributed by atoms with van der Waals surface area (Å²) in [6.45, 7) is 6.42. The monoisotopic (exact) mass is 200 g/mol. The van der Waals surface area contributed by atoms with Crippen LogP contribution in [0.5, 0.6) is 0 Å². The van der Waals surface area contributed by atoms with Gasteiger partial charge in [-0.25, -0.2) is 4.98 Å². The fourth-order valence-corrected chi connectivity index (χ4v) is 1.69. The molecule has 0 aliphatic heterocycles. The largest absolute Gasteiger partial charge is 0.333 e. The zero-order valence-electron chi connectivity index (χ0n) is 8.04. The molecule has 0 N–H and O–H groups in total. The summed E-state index contributed by atoms with van der Waals surface area (Å²) in [5, 5.41) is 0.416. The van der Waals surface area contributed by atoms with E-state index in [9.17, 15) is 4.79 Å². The molecule has 0 spiro atoms. The first-order valence-corrected chi connectivity index (χ1v) is 4.58. The molecule has 0 unspecified atom stereocenters. The maximum absolute atomic E-state index is 10.8. The molecule has 1 aromatic heterocycles. The van der Waals surface area contributed by atoms with Crippen molar-refractivity contribution < 1.29 is 4.79 Å². The molecule has 0 atom stereocenters. The molecule has 0 saturated heterocycles. The first kappa shape index (κ1) is 10.3. The van der Waals surface area contributed by atoms with Crippen LogP contribution in [0.3, 0.4) is 0 Å². The number of imidazole rings is 1. The highest BCUT2D eigenvalue weighted by Gasteiger charge is 2.26. The van der Waals surface area contributed by atoms with Crippen LogP contribution in [0.15, 0.2) is 6.33 Å². The van der Waals surface area contributed by atoms with E-state index in [0.29, 0.717) is 5.15 Å². The first-order chi connectivity index (χ1) is 6.03. The second kappa shape index (κ2) is 3.50. The number of nitrogens with zero attached hydrogens (tertiary/aromatic N) is 2. The summed E-state index contributed by atoms with van der Waals surface area (Å²) in [5.74, 6) is 0. The molecular weight excluding hydrogens is 188 g/mol. The average molecular weight is 201 g/mol. The topological polar surface area (TPSA) is 34.9 Å². The maximum Gasteiger partial charge on any atom is 0.151 e. The second-order valence-corrected chi connectivity index (χ2v) is 3.87. The van der Waals surface area contributed by atoms with Gasteiger partial charge in [0, 0.05) is 6.54 Å². The van der Waals surface area contributed by atoms with Crippen molar-refractivity contribution in [2.75, 3.05) is 0 Å². The maximum atomic E-state index is 10.8. The van der Waals surface area contributed by atoms with Crippen LogP contribution in [0.4, 0.5) is 0 Å². The van der Waals surface area contributed by atoms with Crippen molar-refractivity contribution in [3.05, 3.63) is 17.2 Å². The van der Waals surface area contributed by atoms with Crippen molar-refractivity contribution in [1.82, 2.24) is 9.55 Å². The van der Waals surface area contributed by atoms with Crippen LogP contribution in [-0.2, 0) is 16.8 Å². The summed E-state index contributed by atoms with van der Waals surface area (Å²) in [7, 11) is 0. The number of halogens is 1. The van der Waals surface area contributed by atoms with E-state index in [1.54, 1.807) is 6.33 Å². The Balaban J connectivity index is 3.25. The molecule has 4 heteroatoms. The third kappa shape index (κ3) is 1.75. The van der Waals surface area contributed by atoms with Gasteiger partial charge in [0.2, 0.25) is 0 Å². The quantitative estimate of drug-likeness (QED) is 0.700. The summed E-state index contributed by atoms with van der Waals surface area (Å²) >= 11 is 5.90. The lowest BCUT2D eigenvalue weighted by Crippen LogP contribution is -2.23. The summed E-state index contributed by atoms with van der Waals surface area (Å²) in [6.07, 6.45) is 2.55. The van der Waals surface area contributed by atoms with Gasteiger partial charge in [-0.3, -0.25) is 0 Å². The van der Waals surface area contributed by atoms with Gasteiger partial charge in [0.25, 0.3) is 0 Å². The van der Waals surface area contributed by atoms with Gasteiger partial charge < -0.3 is 9.36 Å². The van der Waals surface area contributed by atoms with E-state index < -0.39 is 5.41 Å². The Bertz CT molecular complexity index is 317. The van der Waals surface area contributed by atoms with E-state index in [1.165, 1.54) is 0 Å². The zero-order chi connectivity index (χ0) is 10.1. The smallest absolute Gasteiger partial charge is 0.151 e. The molecule has 0 saturated carbocycles. The van der Waals surface area contributed by atoms with E-state index in [1.807, 2.05) is 25.3 Å². The highest BCUT2D eigenvalue weighted by atomic mass is 35.5. The molecule has 3 nitrogen and oxygen atoms in total. The number of carbonyl (C=O) groups is 1. The second-order valence-electron chi connectivity index (χ2n) is 3.51. The Morgan fingerprint density at radius 3 is 2.77 bits per heavy atom. The van der Waals surface area contributed by atoms with Crippen LogP contribution in [-0.4, -0.2) is 15.8 Å². The molecule has 0 aliphatic rings. The zero-order valence-corrected chi connectivity index (χ0v) is 8.80. The number of aldehydes is 1. The summed E-state index contributed by atoms with van der Waals surface area (Å²) < 4.78 is 1.89. The number of rotatable bonds is 3. The Morgan fingerprint density at radius 1 is 1.69 bits per heavy atom. The normalized spacial score (nSPS) is 11.7. The van der Waals surface area contributed by atoms with Crippen LogP contribution in [0.2, 0.25) is 5.15 Å². The van der Waals surface area contributed by atoms with Gasteiger partial charge in [-0.1, -0.05) is 11.6 Å². The minimum absolute atomic E-state index is 0.416. The summed E-state index contributed by atoms with van der Waals surface area (Å²) in [4.78, 5) is 14.8. The number of aromatic nitrogens is 2. The van der Waals surface area contributed by atoms with Gasteiger partial charge in [-0.2, -0.15) is 0 Å². The molecular formula is C9H13ClN2O. The van der Waals surface area contributed by atoms with E-state index in [0.717, 1.165) is 18.5 Å². The van der Waals surface area contributed by atoms with Gasteiger partial charge in [0.05, 0.1) is 17.4 Å². The molecule has 1 aromatic rings. The molecule has 0 radical (unpaired) electrons. The van der Waals surface area contributed by atoms with Crippen molar-refractivity contribution in [2.24, 2.45) is 0 Å². The minimum atomic E-state index is -0.566. The average Bonchev–Trinajstić information content (AvgIpc) is 2.47. The number of aryl methyl sites for hydroxylation is 1. The predicted octanol–water partition coefficient (Wildman–Crippen LogP) is 2.03. The minimum Gasteiger partial charge on any atom is -0.333 e. The Labute approximate surface area is 82.7 Å². The molecule has 0 amide bonds. The van der Waals surface area contributed by atoms with Gasteiger partial charge in [-0.05, 0) is 20.8 Å². The Morgan fingerprint density at radius 2 is 2.31 bits per heavy atom. The van der Waals surface area contributed by atoms with Crippen LogP contribution in [0.25, 0.3) is 0 Å². The summed E-state index contributed by atoms with van der Waals surface area (Å²) in [6, 6.07) is 0. The number of hydrogen-bond acceptors (Lipinski definition) is 2. The highest BCUT2D eigenvalue weighted by Crippen LogP contribution is 2.27. The summed E-state index contributed by atoms with van der Waals surface area (Å²) in [5.41, 5.74) is 0.218.